The second kappa shape index (κ2) is 6.86. The fraction of sp³-hybridized carbons (Fsp3) is 0.0667. The number of nitrogens with one attached hydrogen (secondary N) is 1. The van der Waals surface area contributed by atoms with Gasteiger partial charge in [-0.05, 0) is 37.3 Å². The van der Waals surface area contributed by atoms with Crippen LogP contribution in [0, 0.1) is 6.92 Å². The fourth-order valence-electron chi connectivity index (χ4n) is 2.02. The van der Waals surface area contributed by atoms with Gasteiger partial charge >= 0.3 is 11.9 Å². The molecular weight excluding hydrogens is 386 g/mol. The van der Waals surface area contributed by atoms with Crippen molar-refractivity contribution < 1.29 is 36.6 Å². The summed E-state index contributed by atoms with van der Waals surface area (Å²) in [4.78, 5) is 21.0. The largest absolute Gasteiger partial charge is 0.478 e. The number of sulfonamides is 2. The highest BCUT2D eigenvalue weighted by Crippen LogP contribution is 2.20. The molecule has 0 aliphatic heterocycles. The number of aromatic carboxylic acids is 2. The molecule has 0 aromatic heterocycles. The Hall–Kier alpha value is -2.76. The van der Waals surface area contributed by atoms with Crippen molar-refractivity contribution in [3.05, 3.63) is 59.2 Å². The van der Waals surface area contributed by atoms with E-state index >= 15 is 0 Å². The molecule has 0 aliphatic carbocycles. The lowest BCUT2D eigenvalue weighted by Gasteiger charge is -2.11. The van der Waals surface area contributed by atoms with E-state index in [1.807, 2.05) is 0 Å². The number of aryl methyl sites for hydroxylation is 1. The summed E-state index contributed by atoms with van der Waals surface area (Å²) >= 11 is 0. The first kappa shape index (κ1) is 19.6. The smallest absolute Gasteiger partial charge is 0.337 e. The van der Waals surface area contributed by atoms with E-state index in [1.54, 1.807) is 6.92 Å². The van der Waals surface area contributed by atoms with Gasteiger partial charge in [-0.2, -0.15) is 0 Å². The van der Waals surface area contributed by atoms with Crippen LogP contribution in [0.2, 0.25) is 0 Å². The lowest BCUT2D eigenvalue weighted by atomic mass is 10.1. The summed E-state index contributed by atoms with van der Waals surface area (Å²) in [7, 11) is -9.31. The molecule has 0 unspecified atom stereocenters. The molecule has 138 valence electrons. The van der Waals surface area contributed by atoms with Crippen LogP contribution in [0.3, 0.4) is 0 Å². The highest BCUT2D eigenvalue weighted by Gasteiger charge is 2.29. The van der Waals surface area contributed by atoms with Gasteiger partial charge in [0.15, 0.2) is 0 Å². The molecule has 0 radical (unpaired) electrons. The number of hydrogen-bond acceptors (Lipinski definition) is 6. The molecule has 26 heavy (non-hydrogen) atoms. The summed E-state index contributed by atoms with van der Waals surface area (Å²) < 4.78 is 50.8. The van der Waals surface area contributed by atoms with Crippen LogP contribution in [0.5, 0.6) is 0 Å². The van der Waals surface area contributed by atoms with Gasteiger partial charge in [0.2, 0.25) is 0 Å². The maximum absolute atomic E-state index is 12.4. The molecule has 0 bridgehead atoms. The third kappa shape index (κ3) is 4.07. The maximum Gasteiger partial charge on any atom is 0.337 e. The topological polar surface area (TPSA) is 155 Å². The summed E-state index contributed by atoms with van der Waals surface area (Å²) in [5, 5.41) is 18.0. The van der Waals surface area contributed by atoms with Gasteiger partial charge in [-0.15, -0.1) is 4.13 Å². The molecule has 0 saturated carbocycles. The van der Waals surface area contributed by atoms with Crippen LogP contribution < -0.4 is 4.13 Å². The van der Waals surface area contributed by atoms with Crippen molar-refractivity contribution in [2.24, 2.45) is 0 Å². The number of benzene rings is 2. The van der Waals surface area contributed by atoms with Gasteiger partial charge < -0.3 is 10.2 Å². The minimum absolute atomic E-state index is 0.328. The first-order chi connectivity index (χ1) is 11.9. The first-order valence-electron chi connectivity index (χ1n) is 6.90. The van der Waals surface area contributed by atoms with Gasteiger partial charge in [-0.3, -0.25) is 0 Å². The van der Waals surface area contributed by atoms with Crippen molar-refractivity contribution >= 4 is 32.0 Å². The molecule has 2 aromatic carbocycles. The third-order valence-electron chi connectivity index (χ3n) is 3.30. The van der Waals surface area contributed by atoms with Gasteiger partial charge in [-0.1, -0.05) is 17.7 Å². The number of carboxylic acids is 2. The molecule has 0 atom stereocenters. The van der Waals surface area contributed by atoms with Crippen molar-refractivity contribution in [3.63, 3.8) is 0 Å². The van der Waals surface area contributed by atoms with E-state index in [9.17, 15) is 26.4 Å². The Labute approximate surface area is 149 Å². The zero-order chi connectivity index (χ0) is 19.7. The van der Waals surface area contributed by atoms with Crippen molar-refractivity contribution in [2.45, 2.75) is 16.7 Å². The van der Waals surface area contributed by atoms with Crippen LogP contribution in [-0.2, 0) is 20.0 Å². The van der Waals surface area contributed by atoms with Crippen molar-refractivity contribution in [1.82, 2.24) is 4.13 Å². The van der Waals surface area contributed by atoms with E-state index in [4.69, 9.17) is 10.2 Å². The molecule has 0 fully saturated rings. The summed E-state index contributed by atoms with van der Waals surface area (Å²) in [6, 6.07) is 7.54. The van der Waals surface area contributed by atoms with E-state index in [2.05, 4.69) is 0 Å². The molecule has 2 rings (SSSR count). The molecule has 0 heterocycles. The van der Waals surface area contributed by atoms with E-state index in [-0.39, 0.29) is 4.90 Å². The molecule has 0 spiro atoms. The number of rotatable bonds is 6. The molecule has 0 amide bonds. The van der Waals surface area contributed by atoms with Crippen molar-refractivity contribution in [1.29, 1.82) is 0 Å². The molecule has 0 saturated heterocycles. The highest BCUT2D eigenvalue weighted by molar-refractivity contribution is 8.04. The predicted octanol–water partition coefficient (Wildman–Crippen LogP) is 1.06. The van der Waals surface area contributed by atoms with Gasteiger partial charge in [-0.25, -0.2) is 26.4 Å². The molecule has 3 N–H and O–H groups in total. The lowest BCUT2D eigenvalue weighted by molar-refractivity contribution is 0.0692. The van der Waals surface area contributed by atoms with E-state index in [1.165, 1.54) is 28.4 Å². The Bertz CT molecular complexity index is 1090. The molecular formula is C15H13NO8S2. The number of hydrogen-bond donors (Lipinski definition) is 3. The summed E-state index contributed by atoms with van der Waals surface area (Å²) in [5.74, 6) is -3.18. The molecule has 11 heteroatoms. The standard InChI is InChI=1S/C15H13NO8S2/c1-9-2-5-11(6-3-9)25(21,22)16-26(23,24)13-7-4-10(14(17)18)8-12(13)15(19)20/h2-8,16H,1H3,(H,17,18)(H,19,20). The second-order valence-electron chi connectivity index (χ2n) is 5.22. The normalized spacial score (nSPS) is 11.9. The van der Waals surface area contributed by atoms with E-state index in [0.717, 1.165) is 17.7 Å². The monoisotopic (exact) mass is 399 g/mol. The molecule has 0 aliphatic rings. The minimum Gasteiger partial charge on any atom is -0.478 e. The summed E-state index contributed by atoms with van der Waals surface area (Å²) in [5.41, 5.74) is -0.566. The zero-order valence-corrected chi connectivity index (χ0v) is 14.8. The van der Waals surface area contributed by atoms with E-state index in [0.29, 0.717) is 6.07 Å². The average Bonchev–Trinajstić information content (AvgIpc) is 2.53. The lowest BCUT2D eigenvalue weighted by Crippen LogP contribution is -2.31. The zero-order valence-electron chi connectivity index (χ0n) is 13.2. The Morgan fingerprint density at radius 1 is 0.846 bits per heavy atom. The summed E-state index contributed by atoms with van der Waals surface area (Å²) in [6.07, 6.45) is 0. The van der Waals surface area contributed by atoms with Crippen LogP contribution in [-0.4, -0.2) is 39.0 Å². The van der Waals surface area contributed by atoms with Gasteiger partial charge in [0.25, 0.3) is 20.0 Å². The molecule has 9 nitrogen and oxygen atoms in total. The van der Waals surface area contributed by atoms with Crippen LogP contribution in [0.4, 0.5) is 0 Å². The van der Waals surface area contributed by atoms with Gasteiger partial charge in [0.1, 0.15) is 0 Å². The SMILES string of the molecule is Cc1ccc(S(=O)(=O)NS(=O)(=O)c2ccc(C(=O)O)cc2C(=O)O)cc1. The second-order valence-corrected chi connectivity index (χ2v) is 8.82. The van der Waals surface area contributed by atoms with Gasteiger partial charge in [0.05, 0.1) is 20.9 Å². The quantitative estimate of drug-likeness (QED) is 0.651. The van der Waals surface area contributed by atoms with Gasteiger partial charge in [0, 0.05) is 0 Å². The maximum atomic E-state index is 12.4. The summed E-state index contributed by atoms with van der Waals surface area (Å²) in [6.45, 7) is 1.71. The van der Waals surface area contributed by atoms with Crippen molar-refractivity contribution in [3.8, 4) is 0 Å². The van der Waals surface area contributed by atoms with Crippen LogP contribution >= 0.6 is 0 Å². The van der Waals surface area contributed by atoms with Crippen LogP contribution in [0.25, 0.3) is 0 Å². The number of carbonyl (C=O) groups is 2. The number of carboxylic acid groups (broad SMARTS) is 2. The first-order valence-corrected chi connectivity index (χ1v) is 9.86. The Morgan fingerprint density at radius 3 is 1.92 bits per heavy atom. The van der Waals surface area contributed by atoms with Crippen LogP contribution in [0.1, 0.15) is 26.3 Å². The highest BCUT2D eigenvalue weighted by atomic mass is 32.3. The van der Waals surface area contributed by atoms with E-state index < -0.39 is 48.0 Å². The molecule has 2 aromatic rings. The fourth-order valence-corrected chi connectivity index (χ4v) is 5.10. The van der Waals surface area contributed by atoms with Crippen LogP contribution in [0.15, 0.2) is 52.3 Å². The average molecular weight is 399 g/mol. The third-order valence-corrected chi connectivity index (χ3v) is 6.88. The predicted molar refractivity (Wildman–Crippen MR) is 89.0 cm³/mol. The van der Waals surface area contributed by atoms with Crippen molar-refractivity contribution in [2.75, 3.05) is 0 Å². The Balaban J connectivity index is 2.52. The Kier molecular flexibility index (Phi) is 5.16. The Morgan fingerprint density at radius 2 is 1.42 bits per heavy atom. The minimum atomic E-state index is -4.81.